The fourth-order valence-electron chi connectivity index (χ4n) is 4.98. The van der Waals surface area contributed by atoms with Crippen LogP contribution in [0.5, 0.6) is 5.75 Å². The van der Waals surface area contributed by atoms with Crippen molar-refractivity contribution in [2.45, 2.75) is 41.0 Å². The topological polar surface area (TPSA) is 132 Å². The van der Waals surface area contributed by atoms with E-state index in [1.54, 1.807) is 17.8 Å². The van der Waals surface area contributed by atoms with Gasteiger partial charge in [-0.2, -0.15) is 0 Å². The molecule has 5 rings (SSSR count). The predicted octanol–water partition coefficient (Wildman–Crippen LogP) is 3.08. The van der Waals surface area contributed by atoms with Gasteiger partial charge in [0.25, 0.3) is 5.91 Å². The molecule has 3 aromatic carbocycles. The van der Waals surface area contributed by atoms with Crippen molar-refractivity contribution in [1.82, 2.24) is 10.2 Å². The largest absolute Gasteiger partial charge is 0.484 e. The molecule has 1 saturated heterocycles. The Bertz CT molecular complexity index is 1400. The second kappa shape index (κ2) is 13.1. The van der Waals surface area contributed by atoms with Gasteiger partial charge in [-0.1, -0.05) is 54.2 Å². The first kappa shape index (κ1) is 28.5. The van der Waals surface area contributed by atoms with Gasteiger partial charge in [0.2, 0.25) is 11.8 Å². The van der Waals surface area contributed by atoms with E-state index in [1.165, 1.54) is 12.0 Å². The number of carbonyl (C=O) groups is 3. The highest BCUT2D eigenvalue weighted by Gasteiger charge is 2.41. The molecule has 2 aliphatic heterocycles. The number of hydrogen-bond donors (Lipinski definition) is 3. The van der Waals surface area contributed by atoms with Crippen molar-refractivity contribution < 1.29 is 28.6 Å². The summed E-state index contributed by atoms with van der Waals surface area (Å²) in [5.41, 5.74) is 8.54. The molecule has 0 aromatic heterocycles. The number of hydrogen-bond acceptors (Lipinski definition) is 8. The molecule has 2 aliphatic rings. The summed E-state index contributed by atoms with van der Waals surface area (Å²) in [6.45, 7) is -0.261. The third kappa shape index (κ3) is 6.82. The number of ether oxygens (including phenoxy) is 3. The molecule has 214 valence electrons. The number of primary amides is 1. The van der Waals surface area contributed by atoms with E-state index >= 15 is 0 Å². The Morgan fingerprint density at radius 1 is 1.07 bits per heavy atom. The van der Waals surface area contributed by atoms with E-state index in [0.29, 0.717) is 18.8 Å². The molecule has 2 heterocycles. The molecular weight excluding hydrogens is 544 g/mol. The van der Waals surface area contributed by atoms with Crippen molar-refractivity contribution in [3.05, 3.63) is 78.4 Å². The number of fused-ring (bicyclic) bond motifs is 2. The first-order valence-corrected chi connectivity index (χ1v) is 14.1. The highest BCUT2D eigenvalue weighted by atomic mass is 32.2. The van der Waals surface area contributed by atoms with Crippen LogP contribution in [0, 0.1) is 0 Å². The SMILES string of the molecule is COC1OCC[C@@H]1N(C(=O)CNC(=O)COc1ccc2c(c1)Nc1ccccc1S2)[C@@H](Cc1ccccc1)C(N)=O. The Hall–Kier alpha value is -4.06. The highest BCUT2D eigenvalue weighted by Crippen LogP contribution is 2.45. The molecule has 0 aliphatic carbocycles. The van der Waals surface area contributed by atoms with Gasteiger partial charge in [-0.25, -0.2) is 0 Å². The lowest BCUT2D eigenvalue weighted by atomic mass is 10.0. The van der Waals surface area contributed by atoms with Crippen LogP contribution >= 0.6 is 11.8 Å². The lowest BCUT2D eigenvalue weighted by molar-refractivity contribution is -0.156. The molecule has 4 N–H and O–H groups in total. The fraction of sp³-hybridized carbons (Fsp3) is 0.300. The first-order chi connectivity index (χ1) is 19.9. The molecule has 3 atom stereocenters. The predicted molar refractivity (Wildman–Crippen MR) is 154 cm³/mol. The van der Waals surface area contributed by atoms with Gasteiger partial charge in [-0.05, 0) is 36.2 Å². The van der Waals surface area contributed by atoms with Crippen LogP contribution in [0.15, 0.2) is 82.6 Å². The standard InChI is InChI=1S/C30H32N4O6S/c1-38-30-23(13-14-39-30)34(24(29(31)37)15-19-7-3-2-4-8-19)28(36)17-32-27(35)18-40-20-11-12-26-22(16-20)33-21-9-5-6-10-25(21)41-26/h2-12,16,23-24,30,33H,13-15,17-18H2,1H3,(H2,31,37)(H,32,35)/t23-,24-,30?/m0/s1. The number of methoxy groups -OCH3 is 1. The molecule has 11 heteroatoms. The van der Waals surface area contributed by atoms with E-state index < -0.39 is 36.1 Å². The minimum atomic E-state index is -0.951. The van der Waals surface area contributed by atoms with Crippen molar-refractivity contribution in [2.24, 2.45) is 5.73 Å². The third-order valence-corrected chi connectivity index (χ3v) is 8.11. The van der Waals surface area contributed by atoms with Gasteiger partial charge < -0.3 is 35.5 Å². The van der Waals surface area contributed by atoms with Crippen LogP contribution in [0.4, 0.5) is 11.4 Å². The van der Waals surface area contributed by atoms with Crippen LogP contribution in [0.3, 0.4) is 0 Å². The Balaban J connectivity index is 1.21. The molecule has 3 aromatic rings. The number of nitrogens with one attached hydrogen (secondary N) is 2. The van der Waals surface area contributed by atoms with E-state index in [0.717, 1.165) is 26.7 Å². The van der Waals surface area contributed by atoms with E-state index in [4.69, 9.17) is 19.9 Å². The zero-order valence-corrected chi connectivity index (χ0v) is 23.4. The second-order valence-corrected chi connectivity index (χ2v) is 10.8. The smallest absolute Gasteiger partial charge is 0.258 e. The van der Waals surface area contributed by atoms with Gasteiger partial charge in [0.1, 0.15) is 11.8 Å². The minimum Gasteiger partial charge on any atom is -0.484 e. The number of rotatable bonds is 11. The van der Waals surface area contributed by atoms with Gasteiger partial charge >= 0.3 is 0 Å². The summed E-state index contributed by atoms with van der Waals surface area (Å²) in [5.74, 6) is -1.08. The molecule has 1 unspecified atom stereocenters. The summed E-state index contributed by atoms with van der Waals surface area (Å²) in [4.78, 5) is 42.4. The molecular formula is C30H32N4O6S. The number of nitrogens with two attached hydrogens (primary N) is 1. The maximum absolute atomic E-state index is 13.5. The van der Waals surface area contributed by atoms with Crippen LogP contribution in [0.25, 0.3) is 0 Å². The minimum absolute atomic E-state index is 0.223. The summed E-state index contributed by atoms with van der Waals surface area (Å²) in [7, 11) is 1.48. The summed E-state index contributed by atoms with van der Waals surface area (Å²) in [6.07, 6.45) is -0.0194. The summed E-state index contributed by atoms with van der Waals surface area (Å²) in [5, 5.41) is 6.00. The second-order valence-electron chi connectivity index (χ2n) is 9.69. The Kier molecular flexibility index (Phi) is 9.07. The molecule has 1 fully saturated rings. The number of amides is 3. The summed E-state index contributed by atoms with van der Waals surface area (Å²) in [6, 6.07) is 21.4. The van der Waals surface area contributed by atoms with Crippen LogP contribution in [-0.2, 0) is 30.3 Å². The van der Waals surface area contributed by atoms with Crippen LogP contribution in [0.2, 0.25) is 0 Å². The number of nitrogens with zero attached hydrogens (tertiary/aromatic N) is 1. The maximum Gasteiger partial charge on any atom is 0.258 e. The van der Waals surface area contributed by atoms with Gasteiger partial charge in [-0.15, -0.1) is 0 Å². The van der Waals surface area contributed by atoms with Crippen molar-refractivity contribution in [1.29, 1.82) is 0 Å². The fourth-order valence-corrected chi connectivity index (χ4v) is 5.95. The molecule has 0 saturated carbocycles. The van der Waals surface area contributed by atoms with Crippen molar-refractivity contribution >= 4 is 40.9 Å². The summed E-state index contributed by atoms with van der Waals surface area (Å²) >= 11 is 1.66. The maximum atomic E-state index is 13.5. The molecule has 0 spiro atoms. The lowest BCUT2D eigenvalue weighted by Gasteiger charge is -2.36. The van der Waals surface area contributed by atoms with Crippen LogP contribution in [0.1, 0.15) is 12.0 Å². The summed E-state index contributed by atoms with van der Waals surface area (Å²) < 4.78 is 16.8. The number of benzene rings is 3. The molecule has 0 bridgehead atoms. The lowest BCUT2D eigenvalue weighted by Crippen LogP contribution is -2.58. The van der Waals surface area contributed by atoms with Gasteiger partial charge in [0, 0.05) is 29.4 Å². The average Bonchev–Trinajstić information content (AvgIpc) is 3.46. The monoisotopic (exact) mass is 576 g/mol. The Morgan fingerprint density at radius 3 is 2.61 bits per heavy atom. The molecule has 41 heavy (non-hydrogen) atoms. The number of carbonyl (C=O) groups excluding carboxylic acids is 3. The number of para-hydroxylation sites is 1. The zero-order valence-electron chi connectivity index (χ0n) is 22.6. The quantitative estimate of drug-likeness (QED) is 0.248. The average molecular weight is 577 g/mol. The molecule has 10 nitrogen and oxygen atoms in total. The third-order valence-electron chi connectivity index (χ3n) is 6.96. The van der Waals surface area contributed by atoms with Crippen molar-refractivity contribution in [3.63, 3.8) is 0 Å². The van der Waals surface area contributed by atoms with Gasteiger partial charge in [0.05, 0.1) is 30.6 Å². The zero-order chi connectivity index (χ0) is 28.8. The van der Waals surface area contributed by atoms with Gasteiger partial charge in [0.15, 0.2) is 12.9 Å². The Labute approximate surface area is 242 Å². The first-order valence-electron chi connectivity index (χ1n) is 13.3. The van der Waals surface area contributed by atoms with E-state index in [2.05, 4.69) is 16.7 Å². The van der Waals surface area contributed by atoms with Crippen LogP contribution in [-0.4, -0.2) is 67.9 Å². The van der Waals surface area contributed by atoms with Gasteiger partial charge in [-0.3, -0.25) is 14.4 Å². The van der Waals surface area contributed by atoms with Crippen LogP contribution < -0.4 is 21.1 Å². The highest BCUT2D eigenvalue weighted by molar-refractivity contribution is 7.99. The van der Waals surface area contributed by atoms with E-state index in [-0.39, 0.29) is 19.6 Å². The number of anilines is 2. The van der Waals surface area contributed by atoms with Crippen molar-refractivity contribution in [3.8, 4) is 5.75 Å². The van der Waals surface area contributed by atoms with Crippen molar-refractivity contribution in [2.75, 3.05) is 32.2 Å². The van der Waals surface area contributed by atoms with E-state index in [9.17, 15) is 14.4 Å². The normalized spacial score (nSPS) is 17.9. The molecule has 3 amide bonds. The van der Waals surface area contributed by atoms with E-state index in [1.807, 2.05) is 60.7 Å². The molecule has 0 radical (unpaired) electrons. The Morgan fingerprint density at radius 2 is 1.83 bits per heavy atom.